The third-order valence-corrected chi connectivity index (χ3v) is 14.4. The van der Waals surface area contributed by atoms with Crippen molar-refractivity contribution in [3.63, 3.8) is 0 Å². The number of hydrogen-bond acceptors (Lipinski definition) is 7. The van der Waals surface area contributed by atoms with Crippen LogP contribution in [0.3, 0.4) is 0 Å². The lowest BCUT2D eigenvalue weighted by Gasteiger charge is -2.25. The SMILES string of the molecule is CN1C(=CC=C2CCCC(C=CC3=[N+](C)c4ccc5ccccc5c4C3(C)C)=C2Sc2nnc(SCC(=O)O)s2)C(C)(C)c2c1ccc1ccccc21. The summed E-state index contributed by atoms with van der Waals surface area (Å²) in [6.45, 7) is 9.34. The van der Waals surface area contributed by atoms with E-state index >= 15 is 0 Å². The molecule has 8 rings (SSSR count). The zero-order valence-electron chi connectivity index (χ0n) is 30.9. The molecule has 0 unspecified atom stereocenters. The summed E-state index contributed by atoms with van der Waals surface area (Å²) in [6, 6.07) is 26.4. The number of carbonyl (C=O) groups is 1. The van der Waals surface area contributed by atoms with E-state index in [1.807, 2.05) is 0 Å². The molecular weight excluding hydrogens is 713 g/mol. The largest absolute Gasteiger partial charge is 0.481 e. The number of anilines is 1. The van der Waals surface area contributed by atoms with Gasteiger partial charge in [-0.3, -0.25) is 4.79 Å². The van der Waals surface area contributed by atoms with Gasteiger partial charge >= 0.3 is 5.97 Å². The Morgan fingerprint density at radius 1 is 0.868 bits per heavy atom. The molecule has 0 bridgehead atoms. The Hall–Kier alpha value is -4.44. The first-order chi connectivity index (χ1) is 25.4. The van der Waals surface area contributed by atoms with Crippen molar-refractivity contribution in [2.45, 2.75) is 66.5 Å². The number of carboxylic acid groups (broad SMARTS) is 1. The molecule has 4 aromatic carbocycles. The molecule has 268 valence electrons. The highest BCUT2D eigenvalue weighted by atomic mass is 32.2. The monoisotopic (exact) mass is 755 g/mol. The molecule has 0 atom stereocenters. The maximum atomic E-state index is 11.2. The fraction of sp³-hybridized carbons (Fsp3) is 0.273. The number of allylic oxidation sites excluding steroid dienone is 7. The number of likely N-dealkylation sites (N-methyl/N-ethyl adjacent to an activating group) is 1. The molecule has 9 heteroatoms. The van der Waals surface area contributed by atoms with E-state index in [0.29, 0.717) is 4.34 Å². The molecule has 0 fully saturated rings. The molecule has 0 radical (unpaired) electrons. The number of aliphatic carboxylic acids is 1. The Morgan fingerprint density at radius 3 is 2.28 bits per heavy atom. The van der Waals surface area contributed by atoms with Gasteiger partial charge in [0.15, 0.2) is 14.4 Å². The topological polar surface area (TPSA) is 69.3 Å². The summed E-state index contributed by atoms with van der Waals surface area (Å²) < 4.78 is 3.85. The Morgan fingerprint density at radius 2 is 1.55 bits per heavy atom. The zero-order valence-corrected chi connectivity index (χ0v) is 33.4. The first-order valence-corrected chi connectivity index (χ1v) is 20.6. The molecule has 0 amide bonds. The van der Waals surface area contributed by atoms with Gasteiger partial charge in [-0.05, 0) is 89.6 Å². The maximum Gasteiger partial charge on any atom is 0.313 e. The fourth-order valence-corrected chi connectivity index (χ4v) is 11.6. The minimum absolute atomic E-state index is 0.0325. The first-order valence-electron chi connectivity index (χ1n) is 18.0. The van der Waals surface area contributed by atoms with Gasteiger partial charge in [-0.1, -0.05) is 115 Å². The maximum absolute atomic E-state index is 11.2. The van der Waals surface area contributed by atoms with Crippen molar-refractivity contribution >= 4 is 79.5 Å². The van der Waals surface area contributed by atoms with E-state index in [1.165, 1.54) is 94.6 Å². The van der Waals surface area contributed by atoms with Crippen molar-refractivity contribution in [3.8, 4) is 0 Å². The lowest BCUT2D eigenvalue weighted by atomic mass is 9.78. The zero-order chi connectivity index (χ0) is 37.1. The van der Waals surface area contributed by atoms with Crippen LogP contribution < -0.4 is 4.90 Å². The lowest BCUT2D eigenvalue weighted by molar-refractivity contribution is -0.401. The van der Waals surface area contributed by atoms with Crippen LogP contribution in [-0.2, 0) is 15.6 Å². The second-order valence-electron chi connectivity index (χ2n) is 15.0. The number of fused-ring (bicyclic) bond motifs is 6. The molecule has 1 aromatic heterocycles. The van der Waals surface area contributed by atoms with Crippen LogP contribution in [0.5, 0.6) is 0 Å². The predicted octanol–water partition coefficient (Wildman–Crippen LogP) is 11.1. The molecule has 0 spiro atoms. The molecule has 1 N–H and O–H groups in total. The molecular formula is C44H43N4O2S3+. The van der Waals surface area contributed by atoms with Crippen molar-refractivity contribution in [3.05, 3.63) is 130 Å². The van der Waals surface area contributed by atoms with Gasteiger partial charge in [0.25, 0.3) is 0 Å². The van der Waals surface area contributed by atoms with Crippen molar-refractivity contribution in [2.75, 3.05) is 24.7 Å². The van der Waals surface area contributed by atoms with Crippen LogP contribution in [0.2, 0.25) is 0 Å². The first kappa shape index (κ1) is 35.6. The standard InChI is InChI=1S/C44H42N4O2S3/c1-43(2)35(47(5)33-22-18-27-12-7-9-16-31(27)38(33)43)24-20-29-14-11-15-30(40(29)52-42-46-45-41(53-42)51-26-37(49)50)21-25-36-44(3,4)39-32-17-10-8-13-28(32)19-23-34(39)48(36)6/h7-10,12-13,16-25H,11,14-15,26H2,1-6H3/p+1. The highest BCUT2D eigenvalue weighted by Gasteiger charge is 2.44. The summed E-state index contributed by atoms with van der Waals surface area (Å²) in [5.74, 6) is -0.891. The van der Waals surface area contributed by atoms with Gasteiger partial charge in [0, 0.05) is 46.5 Å². The number of rotatable bonds is 8. The van der Waals surface area contributed by atoms with Crippen LogP contribution in [-0.4, -0.2) is 51.4 Å². The van der Waals surface area contributed by atoms with Crippen molar-refractivity contribution in [1.82, 2.24) is 10.2 Å². The van der Waals surface area contributed by atoms with E-state index in [9.17, 15) is 9.90 Å². The van der Waals surface area contributed by atoms with E-state index in [4.69, 9.17) is 0 Å². The highest BCUT2D eigenvalue weighted by molar-refractivity contribution is 8.06. The summed E-state index contributed by atoms with van der Waals surface area (Å²) in [7, 11) is 4.37. The molecule has 0 saturated carbocycles. The number of aromatic nitrogens is 2. The Kier molecular flexibility index (Phi) is 9.24. The van der Waals surface area contributed by atoms with Crippen molar-refractivity contribution in [2.24, 2.45) is 0 Å². The lowest BCUT2D eigenvalue weighted by Crippen LogP contribution is -2.27. The average Bonchev–Trinajstić information content (AvgIpc) is 3.74. The average molecular weight is 756 g/mol. The van der Waals surface area contributed by atoms with Crippen LogP contribution in [0.4, 0.5) is 11.4 Å². The van der Waals surface area contributed by atoms with E-state index < -0.39 is 5.97 Å². The predicted molar refractivity (Wildman–Crippen MR) is 224 cm³/mol. The van der Waals surface area contributed by atoms with Crippen LogP contribution >= 0.6 is 34.9 Å². The Labute approximate surface area is 323 Å². The van der Waals surface area contributed by atoms with Gasteiger partial charge in [-0.2, -0.15) is 4.58 Å². The van der Waals surface area contributed by atoms with Gasteiger partial charge in [0.1, 0.15) is 7.05 Å². The normalized spacial score (nSPS) is 19.4. The van der Waals surface area contributed by atoms with Gasteiger partial charge in [-0.15, -0.1) is 10.2 Å². The van der Waals surface area contributed by atoms with Gasteiger partial charge in [0.2, 0.25) is 5.69 Å². The summed E-state index contributed by atoms with van der Waals surface area (Å²) in [5, 5.41) is 23.2. The summed E-state index contributed by atoms with van der Waals surface area (Å²) >= 11 is 4.34. The van der Waals surface area contributed by atoms with Gasteiger partial charge in [0.05, 0.1) is 11.2 Å². The number of benzene rings is 4. The summed E-state index contributed by atoms with van der Waals surface area (Å²) in [4.78, 5) is 14.8. The smallest absolute Gasteiger partial charge is 0.313 e. The van der Waals surface area contributed by atoms with Gasteiger partial charge < -0.3 is 10.0 Å². The molecule has 2 aliphatic heterocycles. The second-order valence-corrected chi connectivity index (χ2v) is 18.5. The Balaban J connectivity index is 1.20. The molecule has 5 aromatic rings. The molecule has 0 saturated heterocycles. The van der Waals surface area contributed by atoms with Crippen molar-refractivity contribution in [1.29, 1.82) is 0 Å². The summed E-state index contributed by atoms with van der Waals surface area (Å²) in [5.41, 5.74) is 9.99. The van der Waals surface area contributed by atoms with E-state index in [2.05, 4.69) is 159 Å². The highest BCUT2D eigenvalue weighted by Crippen LogP contribution is 2.51. The molecule has 1 aliphatic carbocycles. The number of nitrogens with zero attached hydrogens (tertiary/aromatic N) is 4. The van der Waals surface area contributed by atoms with Crippen LogP contribution in [0, 0.1) is 0 Å². The molecule has 53 heavy (non-hydrogen) atoms. The van der Waals surface area contributed by atoms with Crippen LogP contribution in [0.15, 0.2) is 128 Å². The third-order valence-electron chi connectivity index (χ3n) is 11.0. The molecule has 3 aliphatic rings. The number of hydrogen-bond donors (Lipinski definition) is 1. The Bertz CT molecular complexity index is 2480. The number of thioether (sulfide) groups is 2. The molecule has 3 heterocycles. The van der Waals surface area contributed by atoms with E-state index in [0.717, 1.165) is 23.6 Å². The minimum atomic E-state index is -0.859. The van der Waals surface area contributed by atoms with Crippen LogP contribution in [0.1, 0.15) is 58.1 Å². The van der Waals surface area contributed by atoms with E-state index in [-0.39, 0.29) is 16.6 Å². The van der Waals surface area contributed by atoms with Crippen molar-refractivity contribution < 1.29 is 14.5 Å². The second kappa shape index (κ2) is 13.8. The summed E-state index contributed by atoms with van der Waals surface area (Å²) in [6.07, 6.45) is 12.3. The minimum Gasteiger partial charge on any atom is -0.481 e. The van der Waals surface area contributed by atoms with Gasteiger partial charge in [-0.25, -0.2) is 0 Å². The molecule has 6 nitrogen and oxygen atoms in total. The van der Waals surface area contributed by atoms with E-state index in [1.54, 1.807) is 11.8 Å². The quantitative estimate of drug-likeness (QED) is 0.125. The fourth-order valence-electron chi connectivity index (χ4n) is 8.61. The number of carboxylic acids is 1. The third kappa shape index (κ3) is 6.26. The van der Waals surface area contributed by atoms with Crippen LogP contribution in [0.25, 0.3) is 21.5 Å².